The molecule has 0 amide bonds. The molecule has 20 N–H and O–H groups in total. The molecule has 0 radical (unpaired) electrons. The van der Waals surface area contributed by atoms with E-state index in [-0.39, 0.29) is 24.7 Å². The second-order valence-electron chi connectivity index (χ2n) is 26.5. The summed E-state index contributed by atoms with van der Waals surface area (Å²) in [7, 11) is 0. The molecule has 36 atom stereocenters. The molecule has 2 bridgehead atoms. The molecule has 10 aliphatic rings. The highest BCUT2D eigenvalue weighted by Gasteiger charge is 2.70. The highest BCUT2D eigenvalue weighted by Crippen LogP contribution is 2.74. The summed E-state index contributed by atoms with van der Waals surface area (Å²) in [5.74, 6) is -1.26. The Hall–Kier alpha value is -2.03. The molecule has 6 aliphatic heterocycles. The number of rotatable bonds is 18. The average molecular weight is 1290 g/mol. The van der Waals surface area contributed by atoms with Crippen molar-refractivity contribution < 1.29 is 164 Å². The standard InChI is InChI=1S/C56H90O33/c1-19-11-55-9-5-26-53(2,7-4-8-54(26,3)52(77)88-50-44(38(72)31(65)23(15-60)82-50)86-47-40(74)35(69)29(63)21(13-58)80-47)27(55)6-10-56(19,18-55)89-51-45(87-48-41(75)36(70)30(64)22(14-59)81-48)43(33(67)24(16-61)83-51)85-49-42(76)37(71)32(66)25(84-49)17-78-46-39(73)34(68)28(62)20(12-57)79-46/h20-51,57-76H,1,4-18H2,2-3H3/t20?,21?,22?,23?,24?,25?,26?,27-,28?,29?,30?,31?,32?,33?,34?,35?,36?,37?,38?,39?,40?,41?,42?,43?,44?,45?,46?,47?,48?,49?,50?,51?,53+,54+,55+,56?/m0/s1. The molecule has 6 heterocycles. The zero-order valence-electron chi connectivity index (χ0n) is 49.0. The molecule has 4 aliphatic carbocycles. The SMILES string of the molecule is C=C1C[C@@]23CCC4[C@](C)(C(=O)OC5OC(CO)C(O)C(O)C5OC5OC(CO)C(O)C(O)C5O)CCC[C@@]4(C)[C@@H]2CCC1(OC1OC(CO)C(O)C(OC2OC(COC4OC(CO)C(O)C(O)C4O)C(O)C(O)C2O)C1OC1OC(CO)C(O)C(O)C1O)C3. The van der Waals surface area contributed by atoms with Gasteiger partial charge in [0.15, 0.2) is 37.6 Å². The minimum absolute atomic E-state index is 0.123. The molecular weight excluding hydrogens is 1200 g/mol. The van der Waals surface area contributed by atoms with Gasteiger partial charge in [-0.25, -0.2) is 0 Å². The van der Waals surface area contributed by atoms with E-state index in [0.717, 1.165) is 0 Å². The van der Waals surface area contributed by atoms with Crippen LogP contribution in [-0.2, 0) is 61.6 Å². The smallest absolute Gasteiger partial charge is 0.314 e. The Balaban J connectivity index is 0.895. The molecule has 6 saturated heterocycles. The highest BCUT2D eigenvalue weighted by atomic mass is 16.8. The van der Waals surface area contributed by atoms with E-state index >= 15 is 0 Å². The minimum Gasteiger partial charge on any atom is -0.432 e. The fourth-order valence-corrected chi connectivity index (χ4v) is 16.3. The molecule has 0 aromatic carbocycles. The Labute approximate surface area is 509 Å². The second kappa shape index (κ2) is 27.2. The Bertz CT molecular complexity index is 2400. The number of carbonyl (C=O) groups excluding carboxylic acids is 1. The van der Waals surface area contributed by atoms with Crippen molar-refractivity contribution >= 4 is 5.97 Å². The van der Waals surface area contributed by atoms with Crippen LogP contribution in [0.15, 0.2) is 12.2 Å². The van der Waals surface area contributed by atoms with Crippen LogP contribution >= 0.6 is 0 Å². The van der Waals surface area contributed by atoms with Gasteiger partial charge in [0.2, 0.25) is 6.29 Å². The predicted molar refractivity (Wildman–Crippen MR) is 284 cm³/mol. The summed E-state index contributed by atoms with van der Waals surface area (Å²) in [4.78, 5) is 15.0. The molecule has 33 nitrogen and oxygen atoms in total. The third-order valence-electron chi connectivity index (χ3n) is 21.3. The van der Waals surface area contributed by atoms with Gasteiger partial charge in [0.25, 0.3) is 0 Å². The van der Waals surface area contributed by atoms with Gasteiger partial charge in [-0.15, -0.1) is 0 Å². The number of esters is 1. The largest absolute Gasteiger partial charge is 0.432 e. The molecule has 89 heavy (non-hydrogen) atoms. The third-order valence-corrected chi connectivity index (χ3v) is 21.3. The lowest BCUT2D eigenvalue weighted by molar-refractivity contribution is -0.401. The molecule has 0 aromatic heterocycles. The average Bonchev–Trinajstić information content (AvgIpc) is 1.62. The molecule has 0 aromatic rings. The van der Waals surface area contributed by atoms with Crippen LogP contribution in [0.3, 0.4) is 0 Å². The maximum Gasteiger partial charge on any atom is 0.314 e. The Morgan fingerprint density at radius 2 is 0.865 bits per heavy atom. The maximum absolute atomic E-state index is 15.0. The van der Waals surface area contributed by atoms with Crippen LogP contribution in [0.1, 0.15) is 71.6 Å². The minimum atomic E-state index is -2.14. The Morgan fingerprint density at radius 3 is 1.39 bits per heavy atom. The van der Waals surface area contributed by atoms with E-state index in [1.165, 1.54) is 0 Å². The second-order valence-corrected chi connectivity index (χ2v) is 26.5. The number of hydrogen-bond acceptors (Lipinski definition) is 33. The van der Waals surface area contributed by atoms with Crippen molar-refractivity contribution in [2.45, 2.75) is 261 Å². The van der Waals surface area contributed by atoms with E-state index in [4.69, 9.17) is 56.8 Å². The van der Waals surface area contributed by atoms with Crippen LogP contribution in [0.25, 0.3) is 0 Å². The summed E-state index contributed by atoms with van der Waals surface area (Å²) in [6, 6.07) is 0. The van der Waals surface area contributed by atoms with Crippen LogP contribution in [0, 0.1) is 28.1 Å². The summed E-state index contributed by atoms with van der Waals surface area (Å²) >= 11 is 0. The molecule has 33 heteroatoms. The summed E-state index contributed by atoms with van der Waals surface area (Å²) in [5, 5.41) is 214. The fraction of sp³-hybridized carbons (Fsp3) is 0.946. The molecular formula is C56H90O33. The van der Waals surface area contributed by atoms with Gasteiger partial charge in [-0.05, 0) is 86.5 Å². The Morgan fingerprint density at radius 1 is 0.449 bits per heavy atom. The monoisotopic (exact) mass is 1290 g/mol. The Kier molecular flexibility index (Phi) is 21.4. The first kappa shape index (κ1) is 69.8. The van der Waals surface area contributed by atoms with E-state index in [0.29, 0.717) is 50.5 Å². The maximum atomic E-state index is 15.0. The molecule has 1 spiro atoms. The number of ether oxygens (including phenoxy) is 12. The number of aliphatic hydroxyl groups excluding tert-OH is 20. The van der Waals surface area contributed by atoms with Crippen molar-refractivity contribution in [3.05, 3.63) is 12.2 Å². The summed E-state index contributed by atoms with van der Waals surface area (Å²) in [5.41, 5.74) is -3.09. The lowest BCUT2D eigenvalue weighted by Crippen LogP contribution is -2.68. The van der Waals surface area contributed by atoms with Crippen molar-refractivity contribution in [2.75, 3.05) is 39.6 Å². The van der Waals surface area contributed by atoms with E-state index in [1.807, 2.05) is 0 Å². The fourth-order valence-electron chi connectivity index (χ4n) is 16.3. The van der Waals surface area contributed by atoms with Crippen LogP contribution in [0.2, 0.25) is 0 Å². The number of fused-ring (bicyclic) bond motifs is 3. The molecule has 10 fully saturated rings. The molecule has 512 valence electrons. The summed E-state index contributed by atoms with van der Waals surface area (Å²) < 4.78 is 72.0. The van der Waals surface area contributed by atoms with Crippen molar-refractivity contribution in [1.82, 2.24) is 0 Å². The van der Waals surface area contributed by atoms with Gasteiger partial charge in [0.05, 0.1) is 50.7 Å². The van der Waals surface area contributed by atoms with Gasteiger partial charge in [0, 0.05) is 0 Å². The first-order valence-corrected chi connectivity index (χ1v) is 30.4. The van der Waals surface area contributed by atoms with Gasteiger partial charge < -0.3 is 159 Å². The van der Waals surface area contributed by atoms with Gasteiger partial charge in [0.1, 0.15) is 140 Å². The normalized spacial score (nSPS) is 54.5. The van der Waals surface area contributed by atoms with Crippen LogP contribution in [0.5, 0.6) is 0 Å². The van der Waals surface area contributed by atoms with Crippen molar-refractivity contribution in [2.24, 2.45) is 28.1 Å². The van der Waals surface area contributed by atoms with Crippen LogP contribution < -0.4 is 0 Å². The van der Waals surface area contributed by atoms with Crippen LogP contribution in [-0.4, -0.2) is 338 Å². The van der Waals surface area contributed by atoms with Crippen molar-refractivity contribution in [3.63, 3.8) is 0 Å². The zero-order chi connectivity index (χ0) is 64.7. The van der Waals surface area contributed by atoms with Gasteiger partial charge in [-0.1, -0.05) is 19.9 Å². The zero-order valence-corrected chi connectivity index (χ0v) is 49.0. The van der Waals surface area contributed by atoms with E-state index in [1.54, 1.807) is 6.92 Å². The van der Waals surface area contributed by atoms with Gasteiger partial charge in [-0.2, -0.15) is 0 Å². The van der Waals surface area contributed by atoms with Gasteiger partial charge in [-0.3, -0.25) is 4.79 Å². The topological polar surface area (TPSA) is 532 Å². The number of hydrogen-bond donors (Lipinski definition) is 20. The lowest BCUT2D eigenvalue weighted by atomic mass is 9.41. The van der Waals surface area contributed by atoms with E-state index < -0.39 is 252 Å². The molecule has 10 rings (SSSR count). The number of carbonyl (C=O) groups is 1. The first-order chi connectivity index (χ1) is 42.1. The van der Waals surface area contributed by atoms with Crippen molar-refractivity contribution in [3.8, 4) is 0 Å². The molecule has 4 saturated carbocycles. The summed E-state index contributed by atoms with van der Waals surface area (Å²) in [6.07, 6.45) is -51.0. The van der Waals surface area contributed by atoms with E-state index in [2.05, 4.69) is 13.5 Å². The highest BCUT2D eigenvalue weighted by molar-refractivity contribution is 5.77. The van der Waals surface area contributed by atoms with Crippen LogP contribution in [0.4, 0.5) is 0 Å². The predicted octanol–water partition coefficient (Wildman–Crippen LogP) is -9.47. The van der Waals surface area contributed by atoms with Crippen molar-refractivity contribution in [1.29, 1.82) is 0 Å². The quantitative estimate of drug-likeness (QED) is 0.0344. The van der Waals surface area contributed by atoms with Gasteiger partial charge >= 0.3 is 5.97 Å². The lowest BCUT2D eigenvalue weighted by Gasteiger charge is -2.64. The molecule has 32 unspecified atom stereocenters. The summed E-state index contributed by atoms with van der Waals surface area (Å²) in [6.45, 7) is 3.37. The third kappa shape index (κ3) is 12.4. The number of aliphatic hydroxyl groups is 20. The first-order valence-electron chi connectivity index (χ1n) is 30.4. The van der Waals surface area contributed by atoms with E-state index in [9.17, 15) is 107 Å².